The fourth-order valence-corrected chi connectivity index (χ4v) is 4.56. The van der Waals surface area contributed by atoms with Gasteiger partial charge in [0.25, 0.3) is 5.76 Å². The van der Waals surface area contributed by atoms with Crippen LogP contribution in [0.15, 0.2) is 69.9 Å². The second-order valence-electron chi connectivity index (χ2n) is 9.44. The molecule has 9 nitrogen and oxygen atoms in total. The van der Waals surface area contributed by atoms with Crippen molar-refractivity contribution in [2.75, 3.05) is 40.5 Å². The summed E-state index contributed by atoms with van der Waals surface area (Å²) < 4.78 is 75.1. The molecule has 1 N–H and O–H groups in total. The fraction of sp³-hybridized carbons (Fsp3) is 0.267. The van der Waals surface area contributed by atoms with E-state index in [0.717, 1.165) is 4.90 Å². The second kappa shape index (κ2) is 12.1. The highest BCUT2D eigenvalue weighted by Crippen LogP contribution is 2.40. The van der Waals surface area contributed by atoms with Crippen molar-refractivity contribution < 1.29 is 51.0 Å². The highest BCUT2D eigenvalue weighted by Gasteiger charge is 2.41. The van der Waals surface area contributed by atoms with Gasteiger partial charge in [0.15, 0.2) is 5.58 Å². The molecule has 1 aliphatic heterocycles. The van der Waals surface area contributed by atoms with Crippen LogP contribution in [0.2, 0.25) is 0 Å². The zero-order valence-electron chi connectivity index (χ0n) is 22.7. The number of carbonyl (C=O) groups is 1. The van der Waals surface area contributed by atoms with E-state index in [2.05, 4.69) is 0 Å². The molecule has 0 radical (unpaired) electrons. The molecule has 3 aromatic carbocycles. The first-order valence-corrected chi connectivity index (χ1v) is 13.0. The Labute approximate surface area is 237 Å². The fourth-order valence-electron chi connectivity index (χ4n) is 4.56. The Morgan fingerprint density at radius 3 is 2.07 bits per heavy atom. The van der Waals surface area contributed by atoms with Gasteiger partial charge in [-0.05, 0) is 60.7 Å². The number of hydrogen-bond acceptors (Lipinski definition) is 8. The van der Waals surface area contributed by atoms with Crippen LogP contribution in [0.3, 0.4) is 0 Å². The van der Waals surface area contributed by atoms with E-state index in [1.54, 1.807) is 12.1 Å². The molecule has 42 heavy (non-hydrogen) atoms. The Bertz CT molecular complexity index is 1630. The lowest BCUT2D eigenvalue weighted by molar-refractivity contribution is -0.921. The van der Waals surface area contributed by atoms with Gasteiger partial charge < -0.3 is 33.0 Å². The molecule has 0 spiro atoms. The van der Waals surface area contributed by atoms with Gasteiger partial charge in [0.2, 0.25) is 11.2 Å². The lowest BCUT2D eigenvalue weighted by Gasteiger charge is -2.25. The molecule has 0 saturated carbocycles. The summed E-state index contributed by atoms with van der Waals surface area (Å²) in [5.41, 5.74) is -1.02. The number of benzene rings is 3. The smallest absolute Gasteiger partial charge is 0.453 e. The number of morpholine rings is 1. The number of quaternary nitrogens is 1. The van der Waals surface area contributed by atoms with E-state index in [1.165, 1.54) is 62.8 Å². The lowest BCUT2D eigenvalue weighted by atomic mass is 10.1. The minimum atomic E-state index is -5.08. The van der Waals surface area contributed by atoms with Gasteiger partial charge in [-0.2, -0.15) is 13.2 Å². The molecule has 12 heteroatoms. The van der Waals surface area contributed by atoms with Crippen LogP contribution in [-0.4, -0.2) is 46.5 Å². The molecule has 1 aliphatic rings. The minimum Gasteiger partial charge on any atom is -0.497 e. The monoisotopic (exact) mass is 586 g/mol. The number of nitrogens with one attached hydrogen (secondary N) is 1. The third-order valence-corrected chi connectivity index (χ3v) is 6.77. The topological polar surface area (TPSA) is 97.9 Å². The minimum absolute atomic E-state index is 0.0176. The van der Waals surface area contributed by atoms with Crippen molar-refractivity contribution in [3.05, 3.63) is 87.8 Å². The van der Waals surface area contributed by atoms with Crippen LogP contribution in [0.1, 0.15) is 21.7 Å². The van der Waals surface area contributed by atoms with Gasteiger partial charge in [0, 0.05) is 0 Å². The molecule has 0 atom stereocenters. The first-order chi connectivity index (χ1) is 20.2. The third kappa shape index (κ3) is 6.19. The van der Waals surface area contributed by atoms with Gasteiger partial charge in [-0.25, -0.2) is 4.79 Å². The van der Waals surface area contributed by atoms with Crippen LogP contribution in [0.4, 0.5) is 13.2 Å². The van der Waals surface area contributed by atoms with Gasteiger partial charge >= 0.3 is 12.1 Å². The number of rotatable bonds is 8. The highest BCUT2D eigenvalue weighted by atomic mass is 19.4. The van der Waals surface area contributed by atoms with Crippen molar-refractivity contribution in [3.63, 3.8) is 0 Å². The number of methoxy groups -OCH3 is 2. The van der Waals surface area contributed by atoms with Crippen LogP contribution in [0, 0.1) is 0 Å². The zero-order chi connectivity index (χ0) is 29.9. The molecule has 1 saturated heterocycles. The molecule has 0 amide bonds. The van der Waals surface area contributed by atoms with E-state index < -0.39 is 29.1 Å². The van der Waals surface area contributed by atoms with Crippen molar-refractivity contribution in [1.29, 1.82) is 0 Å². The number of hydrogen-bond donors (Lipinski definition) is 1. The summed E-state index contributed by atoms with van der Waals surface area (Å²) in [6.45, 7) is 2.11. The maximum absolute atomic E-state index is 14.3. The van der Waals surface area contributed by atoms with E-state index in [-0.39, 0.29) is 40.1 Å². The first-order valence-electron chi connectivity index (χ1n) is 13.0. The molecule has 220 valence electrons. The summed E-state index contributed by atoms with van der Waals surface area (Å²) in [4.78, 5) is 27.5. The van der Waals surface area contributed by atoms with Crippen molar-refractivity contribution in [1.82, 2.24) is 0 Å². The van der Waals surface area contributed by atoms with E-state index in [0.29, 0.717) is 37.8 Å². The number of ether oxygens (including phenoxy) is 5. The van der Waals surface area contributed by atoms with Crippen molar-refractivity contribution >= 4 is 16.9 Å². The molecule has 1 fully saturated rings. The Kier molecular flexibility index (Phi) is 8.36. The average Bonchev–Trinajstić information content (AvgIpc) is 2.99. The van der Waals surface area contributed by atoms with Crippen molar-refractivity contribution in [2.24, 2.45) is 0 Å². The predicted octanol–water partition coefficient (Wildman–Crippen LogP) is 4.26. The lowest BCUT2D eigenvalue weighted by Crippen LogP contribution is -3.12. The normalized spacial score (nSPS) is 14.0. The van der Waals surface area contributed by atoms with Gasteiger partial charge in [-0.1, -0.05) is 0 Å². The van der Waals surface area contributed by atoms with Gasteiger partial charge in [-0.3, -0.25) is 4.79 Å². The molecule has 4 aromatic rings. The molecule has 0 bridgehead atoms. The number of alkyl halides is 3. The summed E-state index contributed by atoms with van der Waals surface area (Å²) in [5, 5.41) is -0.154. The number of halogens is 3. The van der Waals surface area contributed by atoms with Gasteiger partial charge in [-0.15, -0.1) is 0 Å². The Balaban J connectivity index is 1.62. The third-order valence-electron chi connectivity index (χ3n) is 6.77. The zero-order valence-corrected chi connectivity index (χ0v) is 22.7. The average molecular weight is 587 g/mol. The van der Waals surface area contributed by atoms with E-state index >= 15 is 0 Å². The maximum atomic E-state index is 14.3. The summed E-state index contributed by atoms with van der Waals surface area (Å²) in [6, 6.07) is 14.5. The van der Waals surface area contributed by atoms with Crippen LogP contribution < -0.4 is 29.3 Å². The number of fused-ring (bicyclic) bond motifs is 1. The Morgan fingerprint density at radius 1 is 0.881 bits per heavy atom. The van der Waals surface area contributed by atoms with E-state index in [4.69, 9.17) is 28.1 Å². The maximum Gasteiger partial charge on any atom is 0.453 e. The summed E-state index contributed by atoms with van der Waals surface area (Å²) >= 11 is 0. The number of esters is 1. The largest absolute Gasteiger partial charge is 0.497 e. The summed E-state index contributed by atoms with van der Waals surface area (Å²) in [5.74, 6) is -2.41. The van der Waals surface area contributed by atoms with E-state index in [9.17, 15) is 22.8 Å². The molecule has 1 aromatic heterocycles. The van der Waals surface area contributed by atoms with Crippen LogP contribution in [-0.2, 0) is 17.5 Å². The van der Waals surface area contributed by atoms with Crippen molar-refractivity contribution in [2.45, 2.75) is 12.7 Å². The first kappa shape index (κ1) is 29.0. The summed E-state index contributed by atoms with van der Waals surface area (Å²) in [7, 11) is 2.92. The number of carbonyl (C=O) groups excluding carboxylic acids is 1. The highest BCUT2D eigenvalue weighted by molar-refractivity contribution is 5.92. The molecule has 0 unspecified atom stereocenters. The predicted molar refractivity (Wildman–Crippen MR) is 144 cm³/mol. The second-order valence-corrected chi connectivity index (χ2v) is 9.44. The Morgan fingerprint density at radius 2 is 1.48 bits per heavy atom. The molecular formula is C30H27F3NO8+. The van der Waals surface area contributed by atoms with Crippen LogP contribution >= 0.6 is 0 Å². The van der Waals surface area contributed by atoms with Crippen LogP contribution in [0.5, 0.6) is 28.7 Å². The van der Waals surface area contributed by atoms with Crippen LogP contribution in [0.25, 0.3) is 11.0 Å². The quantitative estimate of drug-likeness (QED) is 0.242. The molecule has 5 rings (SSSR count). The molecular weight excluding hydrogens is 559 g/mol. The molecule has 0 aliphatic carbocycles. The molecule has 2 heterocycles. The van der Waals surface area contributed by atoms with E-state index in [1.807, 2.05) is 0 Å². The standard InChI is InChI=1S/C30H26F3NO8/c1-37-19-5-3-18(4-6-19)29(36)41-24-12-11-22-25(35)27(40-21-9-7-20(38-2)8-10-21)28(30(31,32)33)42-26(22)23(24)17-34-13-15-39-16-14-34/h3-12H,13-17H2,1-2H3/p+1. The summed E-state index contributed by atoms with van der Waals surface area (Å²) in [6.07, 6.45) is -5.08. The van der Waals surface area contributed by atoms with Gasteiger partial charge in [0.05, 0.1) is 43.9 Å². The Hall–Kier alpha value is -4.55. The van der Waals surface area contributed by atoms with Crippen molar-refractivity contribution in [3.8, 4) is 28.7 Å². The van der Waals surface area contributed by atoms with Gasteiger partial charge in [0.1, 0.15) is 42.6 Å². The SMILES string of the molecule is COc1ccc(Oc2c(C(F)(F)F)oc3c(C[NH+]4CCOCC4)c(OC(=O)c4ccc(OC)cc4)ccc3c2=O)cc1.